The fourth-order valence-electron chi connectivity index (χ4n) is 2.59. The lowest BCUT2D eigenvalue weighted by atomic mass is 10.6. The van der Waals surface area contributed by atoms with Gasteiger partial charge in [0.05, 0.1) is 8.07 Å². The predicted molar refractivity (Wildman–Crippen MR) is 102 cm³/mol. The molecular weight excluding hydrogens is 328 g/mol. The first-order valence-corrected chi connectivity index (χ1v) is 17.1. The Hall–Kier alpha value is 0.491. The van der Waals surface area contributed by atoms with Crippen LogP contribution in [0.2, 0.25) is 50.4 Å². The van der Waals surface area contributed by atoms with E-state index < -0.39 is 25.0 Å². The predicted octanol–water partition coefficient (Wildman–Crippen LogP) is 4.25. The molecule has 134 valence electrons. The number of rotatable bonds is 13. The van der Waals surface area contributed by atoms with Crippen molar-refractivity contribution in [2.45, 2.75) is 63.7 Å². The third-order valence-corrected chi connectivity index (χ3v) is 13.7. The van der Waals surface area contributed by atoms with Gasteiger partial charge in [-0.2, -0.15) is 0 Å². The van der Waals surface area contributed by atoms with Gasteiger partial charge in [0.2, 0.25) is 0 Å². The van der Waals surface area contributed by atoms with Crippen molar-refractivity contribution in [2.24, 2.45) is 0 Å². The Morgan fingerprint density at radius 3 is 1.64 bits per heavy atom. The van der Waals surface area contributed by atoms with E-state index in [2.05, 4.69) is 33.1 Å². The summed E-state index contributed by atoms with van der Waals surface area (Å²) in [5, 5.41) is 0. The molecule has 0 bridgehead atoms. The van der Waals surface area contributed by atoms with Crippen LogP contribution in [-0.2, 0) is 18.0 Å². The summed E-state index contributed by atoms with van der Waals surface area (Å²) in [4.78, 5) is 0. The van der Waals surface area contributed by atoms with Crippen LogP contribution in [0, 0.1) is 0 Å². The van der Waals surface area contributed by atoms with Crippen molar-refractivity contribution < 1.29 is 18.0 Å². The average Bonchev–Trinajstić information content (AvgIpc) is 2.48. The van der Waals surface area contributed by atoms with Crippen LogP contribution in [0.25, 0.3) is 0 Å². The van der Waals surface area contributed by atoms with E-state index in [0.29, 0.717) is 0 Å². The fraction of sp³-hybridized carbons (Fsp3) is 1.00. The van der Waals surface area contributed by atoms with Gasteiger partial charge in [-0.15, -0.1) is 0 Å². The van der Waals surface area contributed by atoms with Gasteiger partial charge >= 0.3 is 8.80 Å². The zero-order valence-electron chi connectivity index (χ0n) is 16.1. The molecule has 0 spiro atoms. The van der Waals surface area contributed by atoms with Crippen molar-refractivity contribution >= 4 is 25.0 Å². The SMILES string of the molecule is CCOC[Si](C)(C)CC[Si](C)(C)CCC[Si](OC)(OC)OC. The summed E-state index contributed by atoms with van der Waals surface area (Å²) >= 11 is 0. The third kappa shape index (κ3) is 8.95. The van der Waals surface area contributed by atoms with Crippen molar-refractivity contribution in [1.82, 2.24) is 0 Å². The lowest BCUT2D eigenvalue weighted by Gasteiger charge is -2.30. The highest BCUT2D eigenvalue weighted by molar-refractivity contribution is 6.82. The molecule has 0 aromatic rings. The monoisotopic (exact) mass is 366 g/mol. The second-order valence-corrected chi connectivity index (χ2v) is 21.2. The van der Waals surface area contributed by atoms with Gasteiger partial charge in [0.25, 0.3) is 0 Å². The molecular formula is C15H38O4Si3. The van der Waals surface area contributed by atoms with Crippen LogP contribution >= 0.6 is 0 Å². The zero-order chi connectivity index (χ0) is 17.3. The lowest BCUT2D eigenvalue weighted by molar-refractivity contribution is 0.123. The first kappa shape index (κ1) is 22.5. The summed E-state index contributed by atoms with van der Waals surface area (Å²) in [6.07, 6.45) is 2.15. The summed E-state index contributed by atoms with van der Waals surface area (Å²) < 4.78 is 22.2. The Bertz CT molecular complexity index is 286. The first-order valence-electron chi connectivity index (χ1n) is 8.39. The molecule has 0 aromatic carbocycles. The molecule has 22 heavy (non-hydrogen) atoms. The smallest absolute Gasteiger partial charge is 0.385 e. The summed E-state index contributed by atoms with van der Waals surface area (Å²) in [6, 6.07) is 5.03. The molecule has 0 amide bonds. The molecule has 0 fully saturated rings. The summed E-state index contributed by atoms with van der Waals surface area (Å²) in [6.45, 7) is 12.8. The average molecular weight is 367 g/mol. The molecule has 0 heterocycles. The second kappa shape index (κ2) is 10.4. The topological polar surface area (TPSA) is 36.9 Å². The maximum Gasteiger partial charge on any atom is 0.500 e. The Balaban J connectivity index is 4.24. The van der Waals surface area contributed by atoms with Gasteiger partial charge in [-0.25, -0.2) is 0 Å². The van der Waals surface area contributed by atoms with Crippen molar-refractivity contribution in [3.8, 4) is 0 Å². The molecule has 0 aliphatic carbocycles. The number of hydrogen-bond donors (Lipinski definition) is 0. The molecule has 0 radical (unpaired) electrons. The maximum atomic E-state index is 5.67. The van der Waals surface area contributed by atoms with Gasteiger partial charge in [-0.1, -0.05) is 50.7 Å². The van der Waals surface area contributed by atoms with Gasteiger partial charge in [0.1, 0.15) is 0 Å². The van der Waals surface area contributed by atoms with Gasteiger partial charge < -0.3 is 18.0 Å². The van der Waals surface area contributed by atoms with Gasteiger partial charge in [0, 0.05) is 48.3 Å². The number of ether oxygens (including phenoxy) is 1. The van der Waals surface area contributed by atoms with Gasteiger partial charge in [-0.3, -0.25) is 0 Å². The molecule has 0 atom stereocenters. The van der Waals surface area contributed by atoms with Crippen LogP contribution < -0.4 is 0 Å². The van der Waals surface area contributed by atoms with Crippen molar-refractivity contribution in [1.29, 1.82) is 0 Å². The minimum Gasteiger partial charge on any atom is -0.385 e. The molecule has 4 nitrogen and oxygen atoms in total. The highest BCUT2D eigenvalue weighted by Crippen LogP contribution is 2.27. The van der Waals surface area contributed by atoms with E-state index in [1.165, 1.54) is 18.1 Å². The van der Waals surface area contributed by atoms with E-state index in [1.807, 2.05) is 0 Å². The highest BCUT2D eigenvalue weighted by atomic mass is 28.4. The van der Waals surface area contributed by atoms with E-state index in [1.54, 1.807) is 21.3 Å². The first-order chi connectivity index (χ1) is 10.2. The Morgan fingerprint density at radius 1 is 0.682 bits per heavy atom. The van der Waals surface area contributed by atoms with Crippen molar-refractivity contribution in [2.75, 3.05) is 34.2 Å². The standard InChI is InChI=1S/C15H38O4Si3/c1-9-19-15-21(7,8)14-13-20(5,6)11-10-12-22(16-2,17-3)18-4/h9-15H2,1-8H3. The normalized spacial score (nSPS) is 13.6. The second-order valence-electron chi connectivity index (χ2n) is 7.61. The van der Waals surface area contributed by atoms with Crippen LogP contribution in [-0.4, -0.2) is 59.1 Å². The molecule has 0 saturated heterocycles. The van der Waals surface area contributed by atoms with Gasteiger partial charge in [-0.05, 0) is 6.92 Å². The molecule has 0 aromatic heterocycles. The molecule has 0 unspecified atom stereocenters. The number of hydrogen-bond acceptors (Lipinski definition) is 4. The molecule has 0 aliphatic heterocycles. The van der Waals surface area contributed by atoms with E-state index >= 15 is 0 Å². The summed E-state index contributed by atoms with van der Waals surface area (Å²) in [5.41, 5.74) is 0. The van der Waals surface area contributed by atoms with Crippen molar-refractivity contribution in [3.05, 3.63) is 0 Å². The van der Waals surface area contributed by atoms with Crippen LogP contribution in [0.1, 0.15) is 13.3 Å². The molecule has 0 rings (SSSR count). The van der Waals surface area contributed by atoms with E-state index in [-0.39, 0.29) is 0 Å². The van der Waals surface area contributed by atoms with E-state index in [9.17, 15) is 0 Å². The maximum absolute atomic E-state index is 5.67. The Kier molecular flexibility index (Phi) is 10.6. The van der Waals surface area contributed by atoms with Crippen LogP contribution in [0.3, 0.4) is 0 Å². The van der Waals surface area contributed by atoms with Crippen LogP contribution in [0.5, 0.6) is 0 Å². The minimum absolute atomic E-state index is 0.842. The highest BCUT2D eigenvalue weighted by Gasteiger charge is 2.38. The lowest BCUT2D eigenvalue weighted by Crippen LogP contribution is -2.43. The minimum atomic E-state index is -2.38. The molecule has 0 aliphatic rings. The Morgan fingerprint density at radius 2 is 1.18 bits per heavy atom. The largest absolute Gasteiger partial charge is 0.500 e. The molecule has 7 heteroatoms. The third-order valence-electron chi connectivity index (χ3n) is 4.45. The quantitative estimate of drug-likeness (QED) is 0.457. The van der Waals surface area contributed by atoms with Crippen LogP contribution in [0.15, 0.2) is 0 Å². The van der Waals surface area contributed by atoms with Crippen molar-refractivity contribution in [3.63, 3.8) is 0 Å². The molecule has 0 N–H and O–H groups in total. The Labute approximate surface area is 141 Å². The zero-order valence-corrected chi connectivity index (χ0v) is 19.1. The van der Waals surface area contributed by atoms with E-state index in [4.69, 9.17) is 18.0 Å². The van der Waals surface area contributed by atoms with E-state index in [0.717, 1.165) is 25.3 Å². The summed E-state index contributed by atoms with van der Waals surface area (Å²) in [5.74, 6) is 0. The fourth-order valence-corrected chi connectivity index (χ4v) is 12.4. The van der Waals surface area contributed by atoms with Gasteiger partial charge in [0.15, 0.2) is 0 Å². The summed E-state index contributed by atoms with van der Waals surface area (Å²) in [7, 11) is 0.372. The van der Waals surface area contributed by atoms with Crippen LogP contribution in [0.4, 0.5) is 0 Å². The molecule has 0 saturated carbocycles.